The molecule has 0 saturated heterocycles. The van der Waals surface area contributed by atoms with Crippen molar-refractivity contribution < 1.29 is 24.2 Å². The Hall–Kier alpha value is -2.50. The highest BCUT2D eigenvalue weighted by atomic mass is 35.5. The van der Waals surface area contributed by atoms with Crippen LogP contribution < -0.4 is 0 Å². The van der Waals surface area contributed by atoms with Crippen LogP contribution in [0.1, 0.15) is 53.0 Å². The number of aliphatic hydroxyl groups is 1. The van der Waals surface area contributed by atoms with E-state index in [1.165, 1.54) is 6.92 Å². The average molecular weight is 401 g/mol. The van der Waals surface area contributed by atoms with Crippen LogP contribution in [0.4, 0.5) is 0 Å². The molecule has 6 heteroatoms. The number of halogens is 1. The summed E-state index contributed by atoms with van der Waals surface area (Å²) >= 11 is 6.08. The van der Waals surface area contributed by atoms with Gasteiger partial charge >= 0.3 is 5.97 Å². The molecule has 2 aromatic rings. The lowest BCUT2D eigenvalue weighted by atomic mass is 9.70. The topological polar surface area (TPSA) is 80.7 Å². The van der Waals surface area contributed by atoms with Crippen molar-refractivity contribution in [2.45, 2.75) is 32.3 Å². The minimum absolute atomic E-state index is 0.211. The standard InChI is InChI=1S/C22H21ClO5/c1-3-21(19(25)17-9-4-5-10-18(17)20(21)26)12-22(27,13-28-14(2)24)15-7-6-8-16(23)11-15/h4-11,27H,3,12-13H2,1-2H3. The van der Waals surface area contributed by atoms with E-state index in [0.717, 1.165) is 0 Å². The van der Waals surface area contributed by atoms with E-state index in [4.69, 9.17) is 16.3 Å². The molecule has 0 heterocycles. The Kier molecular flexibility index (Phi) is 5.41. The lowest BCUT2D eigenvalue weighted by molar-refractivity contribution is -0.151. The molecule has 0 aliphatic heterocycles. The summed E-state index contributed by atoms with van der Waals surface area (Å²) in [5.74, 6) is -1.21. The molecule has 1 unspecified atom stereocenters. The Morgan fingerprint density at radius 2 is 1.71 bits per heavy atom. The maximum atomic E-state index is 13.2. The number of ether oxygens (including phenoxy) is 1. The number of ketones is 2. The number of Topliss-reactive ketones (excluding diaryl/α,β-unsaturated/α-hetero) is 2. The van der Waals surface area contributed by atoms with Gasteiger partial charge in [0, 0.05) is 29.5 Å². The van der Waals surface area contributed by atoms with Gasteiger partial charge < -0.3 is 9.84 Å². The van der Waals surface area contributed by atoms with E-state index in [1.54, 1.807) is 55.5 Å². The molecule has 1 N–H and O–H groups in total. The van der Waals surface area contributed by atoms with Gasteiger partial charge in [0.2, 0.25) is 0 Å². The molecule has 0 bridgehead atoms. The molecular weight excluding hydrogens is 380 g/mol. The number of rotatable bonds is 6. The number of esters is 1. The minimum Gasteiger partial charge on any atom is -0.462 e. The van der Waals surface area contributed by atoms with Crippen LogP contribution in [0.5, 0.6) is 0 Å². The maximum Gasteiger partial charge on any atom is 0.302 e. The summed E-state index contributed by atoms with van der Waals surface area (Å²) in [5.41, 5.74) is -2.09. The predicted molar refractivity (Wildman–Crippen MR) is 104 cm³/mol. The molecule has 1 atom stereocenters. The monoisotopic (exact) mass is 400 g/mol. The zero-order valence-corrected chi connectivity index (χ0v) is 16.5. The van der Waals surface area contributed by atoms with E-state index in [9.17, 15) is 19.5 Å². The third-order valence-electron chi connectivity index (χ3n) is 5.36. The number of benzene rings is 2. The van der Waals surface area contributed by atoms with Crippen molar-refractivity contribution in [3.05, 3.63) is 70.2 Å². The molecule has 0 amide bonds. The van der Waals surface area contributed by atoms with Gasteiger partial charge in [0.05, 0.1) is 5.41 Å². The molecular formula is C22H21ClO5. The molecule has 0 fully saturated rings. The zero-order valence-electron chi connectivity index (χ0n) is 15.7. The van der Waals surface area contributed by atoms with Gasteiger partial charge in [-0.2, -0.15) is 0 Å². The van der Waals surface area contributed by atoms with Gasteiger partial charge in [-0.05, 0) is 24.1 Å². The first-order valence-electron chi connectivity index (χ1n) is 9.04. The van der Waals surface area contributed by atoms with E-state index in [-0.39, 0.29) is 31.0 Å². The van der Waals surface area contributed by atoms with Gasteiger partial charge in [0.1, 0.15) is 12.2 Å². The zero-order chi connectivity index (χ0) is 20.5. The van der Waals surface area contributed by atoms with Gasteiger partial charge in [-0.25, -0.2) is 0 Å². The SMILES string of the molecule is CCC1(CC(O)(COC(C)=O)c2cccc(Cl)c2)C(=O)c2ccccc2C1=O. The molecule has 0 saturated carbocycles. The number of carbonyl (C=O) groups excluding carboxylic acids is 3. The Morgan fingerprint density at radius 3 is 2.21 bits per heavy atom. The maximum absolute atomic E-state index is 13.2. The van der Waals surface area contributed by atoms with Crippen molar-refractivity contribution in [3.63, 3.8) is 0 Å². The first kappa shape index (κ1) is 20.2. The Morgan fingerprint density at radius 1 is 1.11 bits per heavy atom. The van der Waals surface area contributed by atoms with E-state index in [1.807, 2.05) is 0 Å². The number of hydrogen-bond donors (Lipinski definition) is 1. The molecule has 0 aromatic heterocycles. The third-order valence-corrected chi connectivity index (χ3v) is 5.59. The van der Waals surface area contributed by atoms with Crippen LogP contribution in [0.2, 0.25) is 5.02 Å². The van der Waals surface area contributed by atoms with Crippen LogP contribution in [0.15, 0.2) is 48.5 Å². The van der Waals surface area contributed by atoms with Crippen LogP contribution in [-0.2, 0) is 15.1 Å². The van der Waals surface area contributed by atoms with E-state index in [0.29, 0.717) is 21.7 Å². The molecule has 146 valence electrons. The Balaban J connectivity index is 2.08. The second kappa shape index (κ2) is 7.49. The van der Waals surface area contributed by atoms with Crippen molar-refractivity contribution in [2.24, 2.45) is 5.41 Å². The highest BCUT2D eigenvalue weighted by Gasteiger charge is 2.55. The Labute approximate surface area is 168 Å². The summed E-state index contributed by atoms with van der Waals surface area (Å²) in [4.78, 5) is 37.8. The summed E-state index contributed by atoms with van der Waals surface area (Å²) in [7, 11) is 0. The van der Waals surface area contributed by atoms with E-state index >= 15 is 0 Å². The second-order valence-corrected chi connectivity index (χ2v) is 7.57. The van der Waals surface area contributed by atoms with Gasteiger partial charge in [0.15, 0.2) is 11.6 Å². The van der Waals surface area contributed by atoms with Crippen LogP contribution in [-0.4, -0.2) is 29.2 Å². The highest BCUT2D eigenvalue weighted by molar-refractivity contribution is 6.30. The van der Waals surface area contributed by atoms with Gasteiger partial charge in [-0.15, -0.1) is 0 Å². The van der Waals surface area contributed by atoms with Gasteiger partial charge in [0.25, 0.3) is 0 Å². The first-order valence-corrected chi connectivity index (χ1v) is 9.42. The van der Waals surface area contributed by atoms with Crippen molar-refractivity contribution in [1.82, 2.24) is 0 Å². The molecule has 1 aliphatic rings. The molecule has 0 radical (unpaired) electrons. The first-order chi connectivity index (χ1) is 13.2. The molecule has 28 heavy (non-hydrogen) atoms. The second-order valence-electron chi connectivity index (χ2n) is 7.14. The predicted octanol–water partition coefficient (Wildman–Crippen LogP) is 3.96. The molecule has 3 rings (SSSR count). The van der Waals surface area contributed by atoms with Crippen LogP contribution in [0.25, 0.3) is 0 Å². The summed E-state index contributed by atoms with van der Waals surface area (Å²) in [6.45, 7) is 2.59. The van der Waals surface area contributed by atoms with E-state index < -0.39 is 17.0 Å². The largest absolute Gasteiger partial charge is 0.462 e. The van der Waals surface area contributed by atoms with Crippen LogP contribution in [0, 0.1) is 5.41 Å². The normalized spacial score (nSPS) is 17.1. The van der Waals surface area contributed by atoms with Crippen molar-refractivity contribution in [1.29, 1.82) is 0 Å². The van der Waals surface area contributed by atoms with Crippen molar-refractivity contribution >= 4 is 29.1 Å². The number of hydrogen-bond acceptors (Lipinski definition) is 5. The fourth-order valence-electron chi connectivity index (χ4n) is 3.84. The summed E-state index contributed by atoms with van der Waals surface area (Å²) in [6.07, 6.45) is -0.00123. The lowest BCUT2D eigenvalue weighted by Crippen LogP contribution is -2.44. The van der Waals surface area contributed by atoms with Crippen molar-refractivity contribution in [2.75, 3.05) is 6.61 Å². The average Bonchev–Trinajstić information content (AvgIpc) is 2.89. The summed E-state index contributed by atoms with van der Waals surface area (Å²) in [5, 5.41) is 11.9. The quantitative estimate of drug-likeness (QED) is 0.586. The number of carbonyl (C=O) groups is 3. The van der Waals surface area contributed by atoms with Crippen LogP contribution >= 0.6 is 11.6 Å². The smallest absolute Gasteiger partial charge is 0.302 e. The van der Waals surface area contributed by atoms with E-state index in [2.05, 4.69) is 0 Å². The lowest BCUT2D eigenvalue weighted by Gasteiger charge is -2.36. The highest BCUT2D eigenvalue weighted by Crippen LogP contribution is 2.47. The summed E-state index contributed by atoms with van der Waals surface area (Å²) in [6, 6.07) is 13.1. The Bertz CT molecular complexity index is 916. The van der Waals surface area contributed by atoms with Crippen LogP contribution in [0.3, 0.4) is 0 Å². The molecule has 5 nitrogen and oxygen atoms in total. The molecule has 1 aliphatic carbocycles. The van der Waals surface area contributed by atoms with Gasteiger partial charge in [-0.3, -0.25) is 14.4 Å². The molecule has 2 aromatic carbocycles. The van der Waals surface area contributed by atoms with Gasteiger partial charge in [-0.1, -0.05) is 54.9 Å². The fraction of sp³-hybridized carbons (Fsp3) is 0.318. The fourth-order valence-corrected chi connectivity index (χ4v) is 4.03. The number of fused-ring (bicyclic) bond motifs is 1. The molecule has 0 spiro atoms. The summed E-state index contributed by atoms with van der Waals surface area (Å²) < 4.78 is 5.09. The minimum atomic E-state index is -1.75. The third kappa shape index (κ3) is 3.36. The van der Waals surface area contributed by atoms with Crippen molar-refractivity contribution in [3.8, 4) is 0 Å².